The lowest BCUT2D eigenvalue weighted by atomic mass is 10.2. The number of alkyl halides is 6. The van der Waals surface area contributed by atoms with Crippen LogP contribution >= 0.6 is 23.2 Å². The van der Waals surface area contributed by atoms with Gasteiger partial charge in [-0.3, -0.25) is 20.4 Å². The number of rotatable bonds is 2. The minimum atomic E-state index is -4.73. The summed E-state index contributed by atoms with van der Waals surface area (Å²) in [6.07, 6.45) is -8.75. The molecule has 0 bridgehead atoms. The minimum absolute atomic E-state index is 0.358. The van der Waals surface area contributed by atoms with Crippen molar-refractivity contribution in [3.8, 4) is 0 Å². The Kier molecular flexibility index (Phi) is 6.04. The summed E-state index contributed by atoms with van der Waals surface area (Å²) in [5.41, 5.74) is -0.105. The molecule has 14 heteroatoms. The first-order valence-electron chi connectivity index (χ1n) is 6.87. The molecule has 0 radical (unpaired) electrons. The second kappa shape index (κ2) is 7.80. The fourth-order valence-corrected chi connectivity index (χ4v) is 2.26. The van der Waals surface area contributed by atoms with E-state index in [9.17, 15) is 35.9 Å². The highest BCUT2D eigenvalue weighted by Crippen LogP contribution is 2.32. The van der Waals surface area contributed by atoms with Gasteiger partial charge in [-0.2, -0.15) is 26.3 Å². The predicted molar refractivity (Wildman–Crippen MR) is 83.4 cm³/mol. The van der Waals surface area contributed by atoms with Crippen molar-refractivity contribution in [2.24, 2.45) is 0 Å². The Morgan fingerprint density at radius 3 is 1.32 bits per heavy atom. The van der Waals surface area contributed by atoms with Crippen LogP contribution in [-0.4, -0.2) is 21.8 Å². The number of amides is 2. The Hall–Kier alpha value is -2.60. The van der Waals surface area contributed by atoms with Gasteiger partial charge in [-0.1, -0.05) is 23.2 Å². The predicted octanol–water partition coefficient (Wildman–Crippen LogP) is 3.90. The van der Waals surface area contributed by atoms with Gasteiger partial charge in [-0.25, -0.2) is 9.97 Å². The zero-order valence-corrected chi connectivity index (χ0v) is 14.6. The molecule has 28 heavy (non-hydrogen) atoms. The second-order valence-electron chi connectivity index (χ2n) is 5.01. The van der Waals surface area contributed by atoms with Gasteiger partial charge in [0.1, 0.15) is 11.4 Å². The van der Waals surface area contributed by atoms with Crippen molar-refractivity contribution in [1.82, 2.24) is 20.8 Å². The van der Waals surface area contributed by atoms with Gasteiger partial charge in [0.25, 0.3) is 11.8 Å². The zero-order valence-electron chi connectivity index (χ0n) is 13.0. The molecule has 150 valence electrons. The normalized spacial score (nSPS) is 11.9. The fourth-order valence-electron chi connectivity index (χ4n) is 1.75. The lowest BCUT2D eigenvalue weighted by molar-refractivity contribution is -0.138. The second-order valence-corrected chi connectivity index (χ2v) is 5.83. The Labute approximate surface area is 161 Å². The molecule has 0 saturated carbocycles. The summed E-state index contributed by atoms with van der Waals surface area (Å²) in [6, 6.07) is 0.916. The number of aromatic nitrogens is 2. The molecule has 2 heterocycles. The quantitative estimate of drug-likeness (QED) is 0.541. The molecule has 0 unspecified atom stereocenters. The van der Waals surface area contributed by atoms with Crippen LogP contribution in [0.5, 0.6) is 0 Å². The molecule has 0 aromatic carbocycles. The monoisotopic (exact) mass is 446 g/mol. The van der Waals surface area contributed by atoms with Crippen molar-refractivity contribution >= 4 is 35.0 Å². The molecule has 0 atom stereocenters. The highest BCUT2D eigenvalue weighted by molar-refractivity contribution is 6.34. The van der Waals surface area contributed by atoms with Crippen LogP contribution in [0.15, 0.2) is 24.5 Å². The molecule has 6 nitrogen and oxygen atoms in total. The van der Waals surface area contributed by atoms with Crippen molar-refractivity contribution < 1.29 is 35.9 Å². The Bertz CT molecular complexity index is 858. The summed E-state index contributed by atoms with van der Waals surface area (Å²) in [5.74, 6) is -2.37. The third-order valence-corrected chi connectivity index (χ3v) is 3.63. The number of halogens is 8. The van der Waals surface area contributed by atoms with Gasteiger partial charge in [0.05, 0.1) is 21.2 Å². The van der Waals surface area contributed by atoms with E-state index < -0.39 is 56.7 Å². The van der Waals surface area contributed by atoms with Crippen LogP contribution in [-0.2, 0) is 12.4 Å². The molecule has 0 aliphatic heterocycles. The van der Waals surface area contributed by atoms with Gasteiger partial charge in [0, 0.05) is 12.4 Å². The molecular weight excluding hydrogens is 441 g/mol. The molecule has 2 aromatic heterocycles. The van der Waals surface area contributed by atoms with E-state index in [1.54, 1.807) is 10.9 Å². The van der Waals surface area contributed by atoms with Crippen LogP contribution in [0.4, 0.5) is 26.3 Å². The Morgan fingerprint density at radius 2 is 1.07 bits per heavy atom. The van der Waals surface area contributed by atoms with Gasteiger partial charge >= 0.3 is 12.4 Å². The molecular formula is C14H6Cl2F6N4O2. The minimum Gasteiger partial charge on any atom is -0.266 e. The van der Waals surface area contributed by atoms with Crippen LogP contribution in [0.1, 0.15) is 32.1 Å². The molecule has 0 aliphatic rings. The molecule has 0 spiro atoms. The summed E-state index contributed by atoms with van der Waals surface area (Å²) >= 11 is 11.1. The van der Waals surface area contributed by atoms with Crippen molar-refractivity contribution in [2.75, 3.05) is 0 Å². The van der Waals surface area contributed by atoms with E-state index >= 15 is 0 Å². The summed E-state index contributed by atoms with van der Waals surface area (Å²) in [4.78, 5) is 30.3. The van der Waals surface area contributed by atoms with Crippen LogP contribution in [0.25, 0.3) is 0 Å². The number of hydrazine groups is 1. The number of pyridine rings is 2. The topological polar surface area (TPSA) is 84.0 Å². The van der Waals surface area contributed by atoms with Crippen LogP contribution < -0.4 is 10.9 Å². The number of nitrogens with one attached hydrogen (secondary N) is 2. The molecule has 0 fully saturated rings. The summed E-state index contributed by atoms with van der Waals surface area (Å²) in [7, 11) is 0. The van der Waals surface area contributed by atoms with E-state index in [2.05, 4.69) is 9.97 Å². The first kappa shape index (κ1) is 21.7. The average molecular weight is 447 g/mol. The standard InChI is InChI=1S/C14H6Cl2F6N4O2/c15-7-1-5(13(17,18)19)3-23-9(7)11(27)25-26-12(28)10-8(16)2-6(4-24-10)14(20,21)22/h1-4H,(H,25,27)(H,26,28). The summed E-state index contributed by atoms with van der Waals surface area (Å²) in [6.45, 7) is 0. The highest BCUT2D eigenvalue weighted by Gasteiger charge is 2.33. The summed E-state index contributed by atoms with van der Waals surface area (Å²) < 4.78 is 75.2. The van der Waals surface area contributed by atoms with Crippen molar-refractivity contribution in [2.45, 2.75) is 12.4 Å². The van der Waals surface area contributed by atoms with Crippen molar-refractivity contribution in [3.63, 3.8) is 0 Å². The zero-order chi connectivity index (χ0) is 21.3. The van der Waals surface area contributed by atoms with E-state index in [0.29, 0.717) is 24.5 Å². The van der Waals surface area contributed by atoms with Gasteiger partial charge in [0.15, 0.2) is 0 Å². The number of hydrogen-bond donors (Lipinski definition) is 2. The van der Waals surface area contributed by atoms with Crippen molar-refractivity contribution in [3.05, 3.63) is 57.1 Å². The molecule has 2 amide bonds. The van der Waals surface area contributed by atoms with Gasteiger partial charge in [0.2, 0.25) is 0 Å². The highest BCUT2D eigenvalue weighted by atomic mass is 35.5. The Morgan fingerprint density at radius 1 is 0.750 bits per heavy atom. The molecule has 0 saturated heterocycles. The lowest BCUT2D eigenvalue weighted by Gasteiger charge is -2.11. The number of carbonyl (C=O) groups excluding carboxylic acids is 2. The van der Waals surface area contributed by atoms with Gasteiger partial charge < -0.3 is 0 Å². The number of carbonyl (C=O) groups is 2. The molecule has 2 aromatic rings. The Balaban J connectivity index is 2.10. The molecule has 0 aliphatic carbocycles. The maximum absolute atomic E-state index is 12.5. The first-order chi connectivity index (χ1) is 12.8. The SMILES string of the molecule is O=C(NNC(=O)c1ncc(C(F)(F)F)cc1Cl)c1ncc(C(F)(F)F)cc1Cl. The lowest BCUT2D eigenvalue weighted by Crippen LogP contribution is -2.42. The summed E-state index contributed by atoms with van der Waals surface area (Å²) in [5, 5.41) is -1.29. The smallest absolute Gasteiger partial charge is 0.266 e. The van der Waals surface area contributed by atoms with E-state index in [4.69, 9.17) is 23.2 Å². The fraction of sp³-hybridized carbons (Fsp3) is 0.143. The number of hydrogen-bond acceptors (Lipinski definition) is 4. The van der Waals surface area contributed by atoms with E-state index in [0.717, 1.165) is 0 Å². The van der Waals surface area contributed by atoms with E-state index in [1.807, 2.05) is 0 Å². The average Bonchev–Trinajstić information content (AvgIpc) is 2.57. The van der Waals surface area contributed by atoms with Crippen molar-refractivity contribution in [1.29, 1.82) is 0 Å². The first-order valence-corrected chi connectivity index (χ1v) is 7.62. The molecule has 2 N–H and O–H groups in total. The largest absolute Gasteiger partial charge is 0.417 e. The van der Waals surface area contributed by atoms with Gasteiger partial charge in [-0.05, 0) is 12.1 Å². The third-order valence-electron chi connectivity index (χ3n) is 3.06. The maximum atomic E-state index is 12.5. The maximum Gasteiger partial charge on any atom is 0.417 e. The van der Waals surface area contributed by atoms with E-state index in [-0.39, 0.29) is 0 Å². The van der Waals surface area contributed by atoms with Gasteiger partial charge in [-0.15, -0.1) is 0 Å². The van der Waals surface area contributed by atoms with Crippen LogP contribution in [0.3, 0.4) is 0 Å². The van der Waals surface area contributed by atoms with Crippen LogP contribution in [0, 0.1) is 0 Å². The van der Waals surface area contributed by atoms with Crippen LogP contribution in [0.2, 0.25) is 10.0 Å². The number of nitrogens with zero attached hydrogens (tertiary/aromatic N) is 2. The van der Waals surface area contributed by atoms with E-state index in [1.165, 1.54) is 0 Å². The third kappa shape index (κ3) is 5.01. The molecule has 2 rings (SSSR count).